The normalized spacial score (nSPS) is 10.2. The molecule has 0 aliphatic heterocycles. The van der Waals surface area contributed by atoms with Gasteiger partial charge in [-0.05, 0) is 12.5 Å². The van der Waals surface area contributed by atoms with Crippen molar-refractivity contribution in [2.75, 3.05) is 5.32 Å². The van der Waals surface area contributed by atoms with Gasteiger partial charge in [-0.3, -0.25) is 10.1 Å². The summed E-state index contributed by atoms with van der Waals surface area (Å²) in [6.07, 6.45) is 1.20. The van der Waals surface area contributed by atoms with E-state index >= 15 is 0 Å². The topological polar surface area (TPSA) is 123 Å². The van der Waals surface area contributed by atoms with Crippen LogP contribution in [0.5, 0.6) is 0 Å². The standard InChI is InChI=1S/C8H9N7O2/c1-5-2-6(15(16)17)3-9-8(5)10-4-7-11-13-14-12-7/h2-3H,4H2,1H3,(H,9,10)(H,11,12,13,14). The minimum absolute atomic E-state index is 0.0346. The third-order valence-electron chi connectivity index (χ3n) is 2.08. The Kier molecular flexibility index (Phi) is 2.90. The molecule has 0 bridgehead atoms. The highest BCUT2D eigenvalue weighted by molar-refractivity contribution is 5.48. The molecule has 0 fully saturated rings. The average Bonchev–Trinajstić information content (AvgIpc) is 2.80. The van der Waals surface area contributed by atoms with E-state index in [2.05, 4.69) is 30.9 Å². The Labute approximate surface area is 95.4 Å². The Morgan fingerprint density at radius 2 is 2.41 bits per heavy atom. The number of nitrogens with zero attached hydrogens (tertiary/aromatic N) is 5. The molecule has 0 spiro atoms. The number of aryl methyl sites for hydroxylation is 1. The predicted molar refractivity (Wildman–Crippen MR) is 57.1 cm³/mol. The van der Waals surface area contributed by atoms with E-state index in [0.29, 0.717) is 23.8 Å². The van der Waals surface area contributed by atoms with Crippen LogP contribution < -0.4 is 5.32 Å². The molecule has 0 aliphatic carbocycles. The van der Waals surface area contributed by atoms with Crippen LogP contribution in [-0.4, -0.2) is 30.5 Å². The number of H-pyrrole nitrogens is 1. The van der Waals surface area contributed by atoms with Crippen LogP contribution in [0.2, 0.25) is 0 Å². The van der Waals surface area contributed by atoms with Crippen molar-refractivity contribution >= 4 is 11.5 Å². The summed E-state index contributed by atoms with van der Waals surface area (Å²) in [7, 11) is 0. The lowest BCUT2D eigenvalue weighted by atomic mass is 10.2. The van der Waals surface area contributed by atoms with Crippen LogP contribution in [0, 0.1) is 17.0 Å². The molecule has 0 aromatic carbocycles. The maximum absolute atomic E-state index is 10.5. The predicted octanol–water partition coefficient (Wildman–Crippen LogP) is 0.423. The van der Waals surface area contributed by atoms with Gasteiger partial charge in [-0.15, -0.1) is 10.2 Å². The molecule has 0 aliphatic rings. The zero-order valence-corrected chi connectivity index (χ0v) is 8.91. The molecule has 0 saturated heterocycles. The van der Waals surface area contributed by atoms with Crippen LogP contribution in [0.15, 0.2) is 12.3 Å². The first-order valence-corrected chi connectivity index (χ1v) is 4.74. The average molecular weight is 235 g/mol. The van der Waals surface area contributed by atoms with E-state index in [-0.39, 0.29) is 5.69 Å². The molecule has 2 aromatic rings. The van der Waals surface area contributed by atoms with E-state index in [1.807, 2.05) is 0 Å². The molecule has 2 rings (SSSR count). The van der Waals surface area contributed by atoms with Gasteiger partial charge in [-0.2, -0.15) is 5.21 Å². The van der Waals surface area contributed by atoms with Crippen molar-refractivity contribution in [3.63, 3.8) is 0 Å². The number of pyridine rings is 1. The van der Waals surface area contributed by atoms with Gasteiger partial charge in [0, 0.05) is 6.07 Å². The first-order chi connectivity index (χ1) is 8.16. The highest BCUT2D eigenvalue weighted by Crippen LogP contribution is 2.17. The Bertz CT molecular complexity index is 525. The number of hydrogen-bond donors (Lipinski definition) is 2. The van der Waals surface area contributed by atoms with Gasteiger partial charge in [0.2, 0.25) is 0 Å². The van der Waals surface area contributed by atoms with Crippen LogP contribution in [-0.2, 0) is 6.54 Å². The van der Waals surface area contributed by atoms with Crippen molar-refractivity contribution in [3.05, 3.63) is 33.8 Å². The largest absolute Gasteiger partial charge is 0.362 e. The van der Waals surface area contributed by atoms with Gasteiger partial charge in [0.25, 0.3) is 5.69 Å². The van der Waals surface area contributed by atoms with Gasteiger partial charge in [-0.1, -0.05) is 5.21 Å². The van der Waals surface area contributed by atoms with Crippen LogP contribution in [0.3, 0.4) is 0 Å². The highest BCUT2D eigenvalue weighted by Gasteiger charge is 2.09. The van der Waals surface area contributed by atoms with Crippen molar-refractivity contribution in [2.24, 2.45) is 0 Å². The van der Waals surface area contributed by atoms with Crippen molar-refractivity contribution in [1.82, 2.24) is 25.6 Å². The van der Waals surface area contributed by atoms with Crippen molar-refractivity contribution in [2.45, 2.75) is 13.5 Å². The maximum Gasteiger partial charge on any atom is 0.287 e. The lowest BCUT2D eigenvalue weighted by Gasteiger charge is -2.05. The minimum Gasteiger partial charge on any atom is -0.362 e. The number of aromatic amines is 1. The van der Waals surface area contributed by atoms with Crippen LogP contribution in [0.25, 0.3) is 0 Å². The molecule has 0 atom stereocenters. The fourth-order valence-electron chi connectivity index (χ4n) is 1.27. The number of nitrogens with one attached hydrogen (secondary N) is 2. The summed E-state index contributed by atoms with van der Waals surface area (Å²) in [4.78, 5) is 14.0. The summed E-state index contributed by atoms with van der Waals surface area (Å²) in [5, 5.41) is 26.7. The zero-order valence-electron chi connectivity index (χ0n) is 8.91. The second-order valence-corrected chi connectivity index (χ2v) is 3.30. The molecule has 9 nitrogen and oxygen atoms in total. The number of anilines is 1. The van der Waals surface area contributed by atoms with E-state index in [4.69, 9.17) is 0 Å². The molecule has 17 heavy (non-hydrogen) atoms. The van der Waals surface area contributed by atoms with E-state index in [0.717, 1.165) is 0 Å². The van der Waals surface area contributed by atoms with Crippen molar-refractivity contribution < 1.29 is 4.92 Å². The molecular weight excluding hydrogens is 226 g/mol. The summed E-state index contributed by atoms with van der Waals surface area (Å²) in [5.41, 5.74) is 0.648. The van der Waals surface area contributed by atoms with Crippen LogP contribution >= 0.6 is 0 Å². The Hall–Kier alpha value is -2.58. The van der Waals surface area contributed by atoms with E-state index in [9.17, 15) is 10.1 Å². The zero-order chi connectivity index (χ0) is 12.3. The third-order valence-corrected chi connectivity index (χ3v) is 2.08. The summed E-state index contributed by atoms with van der Waals surface area (Å²) in [5.74, 6) is 1.05. The Balaban J connectivity index is 2.09. The lowest BCUT2D eigenvalue weighted by Crippen LogP contribution is -2.05. The van der Waals surface area contributed by atoms with Crippen LogP contribution in [0.1, 0.15) is 11.4 Å². The molecule has 0 unspecified atom stereocenters. The van der Waals surface area contributed by atoms with Gasteiger partial charge in [0.15, 0.2) is 5.82 Å². The van der Waals surface area contributed by atoms with Crippen molar-refractivity contribution in [3.8, 4) is 0 Å². The first-order valence-electron chi connectivity index (χ1n) is 4.74. The number of hydrogen-bond acceptors (Lipinski definition) is 7. The summed E-state index contributed by atoms with van der Waals surface area (Å²) in [6, 6.07) is 1.45. The molecular formula is C8H9N7O2. The number of tetrazole rings is 1. The molecule has 0 saturated carbocycles. The third kappa shape index (κ3) is 2.51. The number of aromatic nitrogens is 5. The van der Waals surface area contributed by atoms with Crippen LogP contribution in [0.4, 0.5) is 11.5 Å². The molecule has 2 aromatic heterocycles. The van der Waals surface area contributed by atoms with E-state index < -0.39 is 4.92 Å². The molecule has 0 amide bonds. The second-order valence-electron chi connectivity index (χ2n) is 3.30. The SMILES string of the molecule is Cc1cc([N+](=O)[O-])cnc1NCc1nn[nH]n1. The minimum atomic E-state index is -0.483. The fourth-order valence-corrected chi connectivity index (χ4v) is 1.27. The van der Waals surface area contributed by atoms with Gasteiger partial charge in [-0.25, -0.2) is 4.98 Å². The van der Waals surface area contributed by atoms with Gasteiger partial charge in [0.1, 0.15) is 12.0 Å². The smallest absolute Gasteiger partial charge is 0.287 e. The lowest BCUT2D eigenvalue weighted by molar-refractivity contribution is -0.385. The number of rotatable bonds is 4. The van der Waals surface area contributed by atoms with Gasteiger partial charge in [0.05, 0.1) is 11.5 Å². The second kappa shape index (κ2) is 4.51. The quantitative estimate of drug-likeness (QED) is 0.581. The Morgan fingerprint density at radius 1 is 1.59 bits per heavy atom. The first kappa shape index (κ1) is 10.9. The highest BCUT2D eigenvalue weighted by atomic mass is 16.6. The maximum atomic E-state index is 10.5. The number of nitro groups is 1. The Morgan fingerprint density at radius 3 is 3.00 bits per heavy atom. The monoisotopic (exact) mass is 235 g/mol. The summed E-state index contributed by atoms with van der Waals surface area (Å²) in [6.45, 7) is 2.08. The van der Waals surface area contributed by atoms with Gasteiger partial charge >= 0.3 is 0 Å². The molecule has 2 N–H and O–H groups in total. The molecule has 88 valence electrons. The van der Waals surface area contributed by atoms with E-state index in [1.54, 1.807) is 6.92 Å². The van der Waals surface area contributed by atoms with Gasteiger partial charge < -0.3 is 5.32 Å². The molecule has 9 heteroatoms. The summed E-state index contributed by atoms with van der Waals surface area (Å²) < 4.78 is 0. The molecule has 2 heterocycles. The summed E-state index contributed by atoms with van der Waals surface area (Å²) >= 11 is 0. The fraction of sp³-hybridized carbons (Fsp3) is 0.250. The molecule has 0 radical (unpaired) electrons. The van der Waals surface area contributed by atoms with Crippen molar-refractivity contribution in [1.29, 1.82) is 0 Å². The van der Waals surface area contributed by atoms with E-state index in [1.165, 1.54) is 12.3 Å².